The van der Waals surface area contributed by atoms with Crippen LogP contribution in [0.25, 0.3) is 11.0 Å². The maximum absolute atomic E-state index is 5.49. The molecule has 0 spiro atoms. The number of nitrogens with one attached hydrogen (secondary N) is 1. The molecular weight excluding hydrogens is 230 g/mol. The van der Waals surface area contributed by atoms with Gasteiger partial charge >= 0.3 is 0 Å². The maximum Gasteiger partial charge on any atom is 0.102 e. The molecule has 0 atom stereocenters. The predicted molar refractivity (Wildman–Crippen MR) is 56.6 cm³/mol. The molecule has 0 aliphatic carbocycles. The van der Waals surface area contributed by atoms with Gasteiger partial charge in [-0.25, -0.2) is 4.98 Å². The SMILES string of the molecule is NCCc1cc(Br)c2nc[nH]c2c1. The lowest BCUT2D eigenvalue weighted by Gasteiger charge is -2.00. The second-order valence-corrected chi connectivity index (χ2v) is 3.77. The van der Waals surface area contributed by atoms with Crippen molar-refractivity contribution in [3.05, 3.63) is 28.5 Å². The van der Waals surface area contributed by atoms with Gasteiger partial charge in [0.2, 0.25) is 0 Å². The third kappa shape index (κ3) is 1.59. The number of fused-ring (bicyclic) bond motifs is 1. The first-order valence-electron chi connectivity index (χ1n) is 4.13. The number of H-pyrrole nitrogens is 1. The van der Waals surface area contributed by atoms with Gasteiger partial charge in [-0.3, -0.25) is 0 Å². The third-order valence-corrected chi connectivity index (χ3v) is 2.57. The third-order valence-electron chi connectivity index (χ3n) is 1.97. The van der Waals surface area contributed by atoms with Crippen LogP contribution in [0, 0.1) is 0 Å². The van der Waals surface area contributed by atoms with Crippen molar-refractivity contribution in [1.29, 1.82) is 0 Å². The molecule has 2 rings (SSSR count). The number of rotatable bonds is 2. The second kappa shape index (κ2) is 3.47. The Morgan fingerprint density at radius 3 is 3.08 bits per heavy atom. The lowest BCUT2D eigenvalue weighted by molar-refractivity contribution is 0.969. The number of benzene rings is 1. The van der Waals surface area contributed by atoms with E-state index < -0.39 is 0 Å². The Balaban J connectivity index is 2.56. The molecule has 1 aromatic carbocycles. The average Bonchev–Trinajstić information content (AvgIpc) is 2.53. The summed E-state index contributed by atoms with van der Waals surface area (Å²) in [7, 11) is 0. The molecule has 1 aromatic heterocycles. The summed E-state index contributed by atoms with van der Waals surface area (Å²) in [6.45, 7) is 0.673. The van der Waals surface area contributed by atoms with Crippen molar-refractivity contribution in [1.82, 2.24) is 9.97 Å². The lowest BCUT2D eigenvalue weighted by atomic mass is 10.1. The number of aromatic amines is 1. The highest BCUT2D eigenvalue weighted by Gasteiger charge is 2.03. The van der Waals surface area contributed by atoms with Crippen molar-refractivity contribution in [2.24, 2.45) is 5.73 Å². The van der Waals surface area contributed by atoms with Gasteiger partial charge in [0, 0.05) is 4.47 Å². The molecule has 0 amide bonds. The molecule has 68 valence electrons. The quantitative estimate of drug-likeness (QED) is 0.841. The van der Waals surface area contributed by atoms with Crippen LogP contribution in [-0.4, -0.2) is 16.5 Å². The normalized spacial score (nSPS) is 10.9. The first kappa shape index (κ1) is 8.72. The minimum atomic E-state index is 0.673. The van der Waals surface area contributed by atoms with Crippen LogP contribution in [0.4, 0.5) is 0 Å². The van der Waals surface area contributed by atoms with Crippen LogP contribution in [0.2, 0.25) is 0 Å². The van der Waals surface area contributed by atoms with Crippen LogP contribution in [0.15, 0.2) is 22.9 Å². The van der Waals surface area contributed by atoms with Gasteiger partial charge in [-0.15, -0.1) is 0 Å². The van der Waals surface area contributed by atoms with Crippen molar-refractivity contribution >= 4 is 27.0 Å². The van der Waals surface area contributed by atoms with E-state index in [-0.39, 0.29) is 0 Å². The van der Waals surface area contributed by atoms with Crippen molar-refractivity contribution in [2.45, 2.75) is 6.42 Å². The Labute approximate surface area is 84.5 Å². The minimum absolute atomic E-state index is 0.673. The summed E-state index contributed by atoms with van der Waals surface area (Å²) >= 11 is 3.47. The molecule has 0 saturated heterocycles. The van der Waals surface area contributed by atoms with Gasteiger partial charge in [-0.05, 0) is 46.6 Å². The highest BCUT2D eigenvalue weighted by Crippen LogP contribution is 2.22. The highest BCUT2D eigenvalue weighted by atomic mass is 79.9. The first-order chi connectivity index (χ1) is 6.31. The summed E-state index contributed by atoms with van der Waals surface area (Å²) in [6, 6.07) is 4.15. The molecule has 0 aliphatic rings. The van der Waals surface area contributed by atoms with Crippen LogP contribution in [0.1, 0.15) is 5.56 Å². The molecule has 0 unspecified atom stereocenters. The predicted octanol–water partition coefficient (Wildman–Crippen LogP) is 1.83. The molecule has 0 saturated carbocycles. The molecular formula is C9H10BrN3. The molecule has 0 fully saturated rings. The second-order valence-electron chi connectivity index (χ2n) is 2.92. The number of nitrogens with two attached hydrogens (primary N) is 1. The maximum atomic E-state index is 5.49. The van der Waals surface area contributed by atoms with E-state index in [1.807, 2.05) is 0 Å². The monoisotopic (exact) mass is 239 g/mol. The smallest absolute Gasteiger partial charge is 0.102 e. The van der Waals surface area contributed by atoms with Gasteiger partial charge in [0.15, 0.2) is 0 Å². The summed E-state index contributed by atoms with van der Waals surface area (Å²) < 4.78 is 1.02. The summed E-state index contributed by atoms with van der Waals surface area (Å²) in [5.74, 6) is 0. The van der Waals surface area contributed by atoms with Crippen LogP contribution in [0.3, 0.4) is 0 Å². The molecule has 13 heavy (non-hydrogen) atoms. The zero-order valence-corrected chi connectivity index (χ0v) is 8.63. The van der Waals surface area contributed by atoms with E-state index in [2.05, 4.69) is 38.0 Å². The Morgan fingerprint density at radius 2 is 2.31 bits per heavy atom. The summed E-state index contributed by atoms with van der Waals surface area (Å²) in [4.78, 5) is 7.26. The number of hydrogen-bond acceptors (Lipinski definition) is 2. The number of hydrogen-bond donors (Lipinski definition) is 2. The summed E-state index contributed by atoms with van der Waals surface area (Å²) in [6.07, 6.45) is 2.59. The van der Waals surface area contributed by atoms with Crippen LogP contribution in [0.5, 0.6) is 0 Å². The van der Waals surface area contributed by atoms with Gasteiger partial charge in [-0.1, -0.05) is 0 Å². The van der Waals surface area contributed by atoms with Crippen LogP contribution in [-0.2, 0) is 6.42 Å². The van der Waals surface area contributed by atoms with Gasteiger partial charge < -0.3 is 10.7 Å². The molecule has 0 bridgehead atoms. The van der Waals surface area contributed by atoms with E-state index >= 15 is 0 Å². The Bertz CT molecular complexity index is 422. The van der Waals surface area contributed by atoms with E-state index in [0.717, 1.165) is 21.9 Å². The largest absolute Gasteiger partial charge is 0.345 e. The van der Waals surface area contributed by atoms with Crippen LogP contribution >= 0.6 is 15.9 Å². The van der Waals surface area contributed by atoms with Gasteiger partial charge in [0.25, 0.3) is 0 Å². The van der Waals surface area contributed by atoms with Gasteiger partial charge in [-0.2, -0.15) is 0 Å². The van der Waals surface area contributed by atoms with Crippen LogP contribution < -0.4 is 5.73 Å². The fourth-order valence-corrected chi connectivity index (χ4v) is 1.98. The molecule has 0 aliphatic heterocycles. The summed E-state index contributed by atoms with van der Waals surface area (Å²) in [5.41, 5.74) is 8.74. The van der Waals surface area contributed by atoms with Crippen molar-refractivity contribution in [2.75, 3.05) is 6.54 Å². The standard InChI is InChI=1S/C9H10BrN3/c10-7-3-6(1-2-11)4-8-9(7)13-5-12-8/h3-5H,1-2,11H2,(H,12,13). The fraction of sp³-hybridized carbons (Fsp3) is 0.222. The average molecular weight is 240 g/mol. The zero-order chi connectivity index (χ0) is 9.26. The minimum Gasteiger partial charge on any atom is -0.345 e. The number of imidazole rings is 1. The molecule has 0 radical (unpaired) electrons. The lowest BCUT2D eigenvalue weighted by Crippen LogP contribution is -2.02. The number of nitrogens with zero attached hydrogens (tertiary/aromatic N) is 1. The van der Waals surface area contributed by atoms with E-state index in [1.54, 1.807) is 6.33 Å². The van der Waals surface area contributed by atoms with E-state index in [9.17, 15) is 0 Å². The molecule has 3 nitrogen and oxygen atoms in total. The Kier molecular flexibility index (Phi) is 2.33. The number of halogens is 1. The van der Waals surface area contributed by atoms with Gasteiger partial charge in [0.05, 0.1) is 11.8 Å². The van der Waals surface area contributed by atoms with Crippen molar-refractivity contribution < 1.29 is 0 Å². The molecule has 2 aromatic rings. The topological polar surface area (TPSA) is 54.7 Å². The number of aromatic nitrogens is 2. The van der Waals surface area contributed by atoms with E-state index in [4.69, 9.17) is 5.73 Å². The Morgan fingerprint density at radius 1 is 1.46 bits per heavy atom. The molecule has 4 heteroatoms. The summed E-state index contributed by atoms with van der Waals surface area (Å²) in [5, 5.41) is 0. The Hall–Kier alpha value is -0.870. The van der Waals surface area contributed by atoms with E-state index in [1.165, 1.54) is 5.56 Å². The first-order valence-corrected chi connectivity index (χ1v) is 4.92. The highest BCUT2D eigenvalue weighted by molar-refractivity contribution is 9.10. The zero-order valence-electron chi connectivity index (χ0n) is 7.05. The fourth-order valence-electron chi connectivity index (χ4n) is 1.37. The van der Waals surface area contributed by atoms with E-state index in [0.29, 0.717) is 6.54 Å². The molecule has 3 N–H and O–H groups in total. The van der Waals surface area contributed by atoms with Crippen molar-refractivity contribution in [3.63, 3.8) is 0 Å². The molecule has 1 heterocycles. The van der Waals surface area contributed by atoms with Crippen molar-refractivity contribution in [3.8, 4) is 0 Å². The van der Waals surface area contributed by atoms with Gasteiger partial charge in [0.1, 0.15) is 5.52 Å².